The topological polar surface area (TPSA) is 45.0 Å². The summed E-state index contributed by atoms with van der Waals surface area (Å²) in [6.07, 6.45) is 3.94. The number of benzene rings is 1. The van der Waals surface area contributed by atoms with E-state index in [1.165, 1.54) is 11.1 Å². The Labute approximate surface area is 95.9 Å². The van der Waals surface area contributed by atoms with E-state index in [9.17, 15) is 0 Å². The summed E-state index contributed by atoms with van der Waals surface area (Å²) in [6, 6.07) is 8.17. The Hall–Kier alpha value is -1.90. The number of aryl methyl sites for hydroxylation is 1. The maximum atomic E-state index is 5.97. The molecule has 0 bridgehead atoms. The summed E-state index contributed by atoms with van der Waals surface area (Å²) in [7, 11) is 2.05. The number of nitrogens with zero attached hydrogens (tertiary/aromatic N) is 1. The number of H-pyrrole nitrogens is 1. The van der Waals surface area contributed by atoms with Crippen LogP contribution in [0.1, 0.15) is 11.1 Å². The molecule has 0 amide bonds. The maximum Gasteiger partial charge on any atom is 0.0603 e. The van der Waals surface area contributed by atoms with Gasteiger partial charge in [-0.05, 0) is 36.2 Å². The van der Waals surface area contributed by atoms with Crippen LogP contribution in [0, 0.1) is 6.92 Å². The lowest BCUT2D eigenvalue weighted by Gasteiger charge is -2.21. The molecule has 0 atom stereocenters. The van der Waals surface area contributed by atoms with Gasteiger partial charge in [-0.3, -0.25) is 0 Å². The Bertz CT molecular complexity index is 460. The van der Waals surface area contributed by atoms with Crippen LogP contribution in [0.3, 0.4) is 0 Å². The molecule has 0 saturated heterocycles. The molecule has 0 spiro atoms. The molecule has 0 radical (unpaired) electrons. The van der Waals surface area contributed by atoms with Crippen LogP contribution in [0.15, 0.2) is 36.7 Å². The van der Waals surface area contributed by atoms with Gasteiger partial charge in [-0.2, -0.15) is 0 Å². The van der Waals surface area contributed by atoms with Gasteiger partial charge in [-0.15, -0.1) is 0 Å². The average molecular weight is 215 g/mol. The third-order valence-corrected chi connectivity index (χ3v) is 2.68. The minimum absolute atomic E-state index is 0.823. The predicted octanol–water partition coefficient (Wildman–Crippen LogP) is 2.54. The first-order chi connectivity index (χ1) is 7.66. The fourth-order valence-corrected chi connectivity index (χ4v) is 1.80. The van der Waals surface area contributed by atoms with E-state index in [1.54, 1.807) is 0 Å². The van der Waals surface area contributed by atoms with Crippen molar-refractivity contribution in [1.82, 2.24) is 4.98 Å². The molecule has 2 rings (SSSR count). The molecule has 1 aromatic carbocycles. The zero-order chi connectivity index (χ0) is 11.5. The highest BCUT2D eigenvalue weighted by Crippen LogP contribution is 2.24. The molecule has 3 heteroatoms. The van der Waals surface area contributed by atoms with Crippen LogP contribution >= 0.6 is 0 Å². The van der Waals surface area contributed by atoms with Crippen molar-refractivity contribution in [3.8, 4) is 0 Å². The van der Waals surface area contributed by atoms with Gasteiger partial charge in [0.05, 0.1) is 11.4 Å². The number of anilines is 2. The summed E-state index contributed by atoms with van der Waals surface area (Å²) in [5.41, 5.74) is 10.4. The van der Waals surface area contributed by atoms with Crippen LogP contribution < -0.4 is 10.6 Å². The number of hydrogen-bond acceptors (Lipinski definition) is 2. The monoisotopic (exact) mass is 215 g/mol. The van der Waals surface area contributed by atoms with Gasteiger partial charge in [0, 0.05) is 26.0 Å². The molecule has 0 fully saturated rings. The van der Waals surface area contributed by atoms with Crippen molar-refractivity contribution < 1.29 is 0 Å². The first-order valence-electron chi connectivity index (χ1n) is 5.36. The second kappa shape index (κ2) is 4.31. The zero-order valence-electron chi connectivity index (χ0n) is 9.70. The number of aromatic nitrogens is 1. The van der Waals surface area contributed by atoms with Crippen molar-refractivity contribution in [1.29, 1.82) is 0 Å². The van der Waals surface area contributed by atoms with Gasteiger partial charge in [-0.25, -0.2) is 0 Å². The molecule has 0 aliphatic carbocycles. The molecule has 0 saturated carbocycles. The number of nitrogens with two attached hydrogens (primary N) is 1. The zero-order valence-corrected chi connectivity index (χ0v) is 9.70. The molecule has 0 aliphatic heterocycles. The van der Waals surface area contributed by atoms with E-state index < -0.39 is 0 Å². The summed E-state index contributed by atoms with van der Waals surface area (Å²) in [6.45, 7) is 2.93. The van der Waals surface area contributed by atoms with Crippen LogP contribution in [-0.4, -0.2) is 12.0 Å². The average Bonchev–Trinajstić information content (AvgIpc) is 2.74. The number of nitrogens with one attached hydrogen (secondary N) is 1. The maximum absolute atomic E-state index is 5.97. The second-order valence-electron chi connectivity index (χ2n) is 4.14. The highest BCUT2D eigenvalue weighted by Gasteiger charge is 2.06. The smallest absolute Gasteiger partial charge is 0.0603 e. The molecular formula is C13H17N3. The Balaban J connectivity index is 2.20. The quantitative estimate of drug-likeness (QED) is 0.773. The van der Waals surface area contributed by atoms with E-state index in [2.05, 4.69) is 36.0 Å². The van der Waals surface area contributed by atoms with E-state index >= 15 is 0 Å². The second-order valence-corrected chi connectivity index (χ2v) is 4.14. The molecule has 1 heterocycles. The van der Waals surface area contributed by atoms with Crippen LogP contribution in [0.4, 0.5) is 11.4 Å². The molecule has 1 aromatic heterocycles. The fourth-order valence-electron chi connectivity index (χ4n) is 1.80. The predicted molar refractivity (Wildman–Crippen MR) is 68.5 cm³/mol. The number of nitrogen functional groups attached to an aromatic ring is 1. The summed E-state index contributed by atoms with van der Waals surface area (Å²) in [5.74, 6) is 0. The van der Waals surface area contributed by atoms with Gasteiger partial charge < -0.3 is 15.6 Å². The van der Waals surface area contributed by atoms with Gasteiger partial charge in [0.2, 0.25) is 0 Å². The van der Waals surface area contributed by atoms with Gasteiger partial charge in [0.25, 0.3) is 0 Å². The summed E-state index contributed by atoms with van der Waals surface area (Å²) < 4.78 is 0. The molecule has 0 unspecified atom stereocenters. The van der Waals surface area contributed by atoms with Gasteiger partial charge in [0.15, 0.2) is 0 Å². The standard InChI is InChI=1S/C13H17N3/c1-10-3-4-12(14)13(7-10)16(2)9-11-5-6-15-8-11/h3-8,15H,9,14H2,1-2H3. The van der Waals surface area contributed by atoms with Crippen molar-refractivity contribution >= 4 is 11.4 Å². The van der Waals surface area contributed by atoms with Gasteiger partial charge in [-0.1, -0.05) is 6.07 Å². The highest BCUT2D eigenvalue weighted by molar-refractivity contribution is 5.68. The normalized spacial score (nSPS) is 10.4. The first-order valence-corrected chi connectivity index (χ1v) is 5.36. The highest BCUT2D eigenvalue weighted by atomic mass is 15.1. The van der Waals surface area contributed by atoms with Crippen LogP contribution in [0.2, 0.25) is 0 Å². The van der Waals surface area contributed by atoms with Crippen LogP contribution in [-0.2, 0) is 6.54 Å². The van der Waals surface area contributed by atoms with E-state index in [-0.39, 0.29) is 0 Å². The van der Waals surface area contributed by atoms with E-state index in [1.807, 2.05) is 24.5 Å². The number of aromatic amines is 1. The first kappa shape index (κ1) is 10.6. The van der Waals surface area contributed by atoms with Crippen molar-refractivity contribution in [2.24, 2.45) is 0 Å². The minimum Gasteiger partial charge on any atom is -0.397 e. The van der Waals surface area contributed by atoms with Gasteiger partial charge >= 0.3 is 0 Å². The molecule has 84 valence electrons. The number of hydrogen-bond donors (Lipinski definition) is 2. The van der Waals surface area contributed by atoms with E-state index in [0.29, 0.717) is 0 Å². The Kier molecular flexibility index (Phi) is 2.86. The largest absolute Gasteiger partial charge is 0.397 e. The lowest BCUT2D eigenvalue weighted by molar-refractivity contribution is 0.925. The SMILES string of the molecule is Cc1ccc(N)c(N(C)Cc2cc[nH]c2)c1. The molecule has 0 aliphatic rings. The van der Waals surface area contributed by atoms with E-state index in [0.717, 1.165) is 17.9 Å². The fraction of sp³-hybridized carbons (Fsp3) is 0.231. The molecule has 3 nitrogen and oxygen atoms in total. The molecule has 2 aromatic rings. The minimum atomic E-state index is 0.823. The lowest BCUT2D eigenvalue weighted by Crippen LogP contribution is -2.17. The molecular weight excluding hydrogens is 198 g/mol. The van der Waals surface area contributed by atoms with Crippen LogP contribution in [0.25, 0.3) is 0 Å². The van der Waals surface area contributed by atoms with Crippen molar-refractivity contribution in [2.45, 2.75) is 13.5 Å². The van der Waals surface area contributed by atoms with Crippen molar-refractivity contribution in [3.63, 3.8) is 0 Å². The summed E-state index contributed by atoms with van der Waals surface area (Å²) in [5, 5.41) is 0. The Morgan fingerprint density at radius 2 is 2.12 bits per heavy atom. The van der Waals surface area contributed by atoms with Crippen LogP contribution in [0.5, 0.6) is 0 Å². The molecule has 3 N–H and O–H groups in total. The summed E-state index contributed by atoms with van der Waals surface area (Å²) >= 11 is 0. The van der Waals surface area contributed by atoms with Gasteiger partial charge in [0.1, 0.15) is 0 Å². The Morgan fingerprint density at radius 3 is 2.81 bits per heavy atom. The third-order valence-electron chi connectivity index (χ3n) is 2.68. The third kappa shape index (κ3) is 2.19. The number of rotatable bonds is 3. The molecule has 16 heavy (non-hydrogen) atoms. The van der Waals surface area contributed by atoms with Crippen molar-refractivity contribution in [3.05, 3.63) is 47.8 Å². The Morgan fingerprint density at radius 1 is 1.31 bits per heavy atom. The van der Waals surface area contributed by atoms with Crippen molar-refractivity contribution in [2.75, 3.05) is 17.7 Å². The lowest BCUT2D eigenvalue weighted by atomic mass is 10.1. The van der Waals surface area contributed by atoms with E-state index in [4.69, 9.17) is 5.73 Å². The summed E-state index contributed by atoms with van der Waals surface area (Å²) in [4.78, 5) is 5.21.